The minimum atomic E-state index is -0.591. The number of nitrogens with zero attached hydrogens (tertiary/aromatic N) is 4. The summed E-state index contributed by atoms with van der Waals surface area (Å²) >= 11 is 0. The van der Waals surface area contributed by atoms with Crippen LogP contribution in [0.3, 0.4) is 0 Å². The molecule has 0 bridgehead atoms. The molecule has 0 aliphatic heterocycles. The fourth-order valence-electron chi connectivity index (χ4n) is 2.92. The highest BCUT2D eigenvalue weighted by Crippen LogP contribution is 2.20. The third-order valence-corrected chi connectivity index (χ3v) is 4.64. The molecule has 7 heteroatoms. The van der Waals surface area contributed by atoms with Gasteiger partial charge in [-0.05, 0) is 31.6 Å². The molecule has 0 aliphatic carbocycles. The van der Waals surface area contributed by atoms with Crippen LogP contribution in [0.4, 0.5) is 5.82 Å². The smallest absolute Gasteiger partial charge is 0.332 e. The minimum absolute atomic E-state index is 0.0200. The van der Waals surface area contributed by atoms with Gasteiger partial charge >= 0.3 is 5.69 Å². The molecule has 0 unspecified atom stereocenters. The average molecular weight is 355 g/mol. The second-order valence-corrected chi connectivity index (χ2v) is 6.50. The number of hydrogen-bond donors (Lipinski definition) is 1. The van der Waals surface area contributed by atoms with E-state index in [0.29, 0.717) is 6.54 Å². The van der Waals surface area contributed by atoms with E-state index in [4.69, 9.17) is 0 Å². The summed E-state index contributed by atoms with van der Waals surface area (Å²) in [6.45, 7) is 2.56. The van der Waals surface area contributed by atoms with Crippen LogP contribution in [0, 0.1) is 11.3 Å². The molecular weight excluding hydrogens is 330 g/mol. The molecule has 0 spiro atoms. The Morgan fingerprint density at radius 2 is 1.77 bits per heavy atom. The molecule has 0 radical (unpaired) electrons. The Kier molecular flexibility index (Phi) is 6.01. The molecule has 7 nitrogen and oxygen atoms in total. The van der Waals surface area contributed by atoms with Crippen LogP contribution in [0.1, 0.15) is 29.7 Å². The van der Waals surface area contributed by atoms with Crippen molar-refractivity contribution in [3.8, 4) is 6.07 Å². The second kappa shape index (κ2) is 8.02. The third-order valence-electron chi connectivity index (χ3n) is 4.64. The number of hydrogen-bond acceptors (Lipinski definition) is 5. The maximum Gasteiger partial charge on any atom is 0.332 e. The predicted octanol–water partition coefficient (Wildman–Crippen LogP) is 1.23. The van der Waals surface area contributed by atoms with Gasteiger partial charge in [-0.25, -0.2) is 4.79 Å². The van der Waals surface area contributed by atoms with Crippen LogP contribution in [-0.2, 0) is 20.5 Å². The first kappa shape index (κ1) is 19.5. The summed E-state index contributed by atoms with van der Waals surface area (Å²) in [5, 5.41) is 12.5. The number of anilines is 1. The third kappa shape index (κ3) is 3.70. The molecule has 0 saturated carbocycles. The lowest BCUT2D eigenvalue weighted by molar-refractivity contribution is 0.311. The molecule has 1 heterocycles. The normalized spacial score (nSPS) is 12.0. The lowest BCUT2D eigenvalue weighted by Crippen LogP contribution is -2.40. The zero-order chi connectivity index (χ0) is 19.4. The molecule has 0 fully saturated rings. The lowest BCUT2D eigenvalue weighted by atomic mass is 10.0. The van der Waals surface area contributed by atoms with Gasteiger partial charge in [-0.1, -0.05) is 31.2 Å². The van der Waals surface area contributed by atoms with E-state index in [1.807, 2.05) is 20.2 Å². The molecule has 1 N–H and O–H groups in total. The molecule has 2 rings (SSSR count). The Balaban J connectivity index is 2.37. The van der Waals surface area contributed by atoms with E-state index in [-0.39, 0.29) is 17.4 Å². The largest absolute Gasteiger partial charge is 0.368 e. The van der Waals surface area contributed by atoms with Crippen molar-refractivity contribution in [2.75, 3.05) is 26.0 Å². The Labute approximate surface area is 153 Å². The van der Waals surface area contributed by atoms with E-state index in [1.54, 1.807) is 7.05 Å². The highest BCUT2D eigenvalue weighted by Gasteiger charge is 2.19. The molecule has 1 aromatic heterocycles. The van der Waals surface area contributed by atoms with Gasteiger partial charge in [-0.15, -0.1) is 0 Å². The number of benzene rings is 1. The summed E-state index contributed by atoms with van der Waals surface area (Å²) in [5.74, 6) is 0.248. The Hall–Kier alpha value is -2.85. The van der Waals surface area contributed by atoms with Gasteiger partial charge in [0.1, 0.15) is 11.9 Å². The van der Waals surface area contributed by atoms with E-state index < -0.39 is 11.2 Å². The van der Waals surface area contributed by atoms with Crippen LogP contribution in [0.15, 0.2) is 33.9 Å². The zero-order valence-corrected chi connectivity index (χ0v) is 15.9. The first-order chi connectivity index (χ1) is 12.3. The molecule has 26 heavy (non-hydrogen) atoms. The van der Waals surface area contributed by atoms with Crippen LogP contribution < -0.4 is 16.6 Å². The first-order valence-corrected chi connectivity index (χ1v) is 8.51. The predicted molar refractivity (Wildman–Crippen MR) is 102 cm³/mol. The second-order valence-electron chi connectivity index (χ2n) is 6.50. The van der Waals surface area contributed by atoms with Crippen molar-refractivity contribution in [1.29, 1.82) is 5.26 Å². The summed E-state index contributed by atoms with van der Waals surface area (Å²) < 4.78 is 2.24. The quantitative estimate of drug-likeness (QED) is 0.843. The van der Waals surface area contributed by atoms with Crippen LogP contribution in [0.2, 0.25) is 0 Å². The van der Waals surface area contributed by atoms with E-state index in [0.717, 1.165) is 16.6 Å². The first-order valence-electron chi connectivity index (χ1n) is 8.51. The van der Waals surface area contributed by atoms with E-state index in [1.165, 1.54) is 17.2 Å². The van der Waals surface area contributed by atoms with Crippen molar-refractivity contribution in [2.24, 2.45) is 14.1 Å². The molecule has 0 aliphatic rings. The summed E-state index contributed by atoms with van der Waals surface area (Å²) in [7, 11) is 6.85. The van der Waals surface area contributed by atoms with Crippen molar-refractivity contribution in [3.63, 3.8) is 0 Å². The fraction of sp³-hybridized carbons (Fsp3) is 0.421. The number of rotatable bonds is 6. The topological polar surface area (TPSA) is 83.1 Å². The number of likely N-dealkylation sites (N-methyl/N-ethyl adjacent to an activating group) is 1. The van der Waals surface area contributed by atoms with Gasteiger partial charge < -0.3 is 10.2 Å². The number of nitrogens with one attached hydrogen (secondary N) is 1. The van der Waals surface area contributed by atoms with Crippen molar-refractivity contribution in [1.82, 2.24) is 14.0 Å². The molecule has 0 amide bonds. The SMILES string of the molecule is CCc1ccc([C@@H](CNc2c(C#N)c(=O)n(C)c(=O)n2C)N(C)C)cc1. The average Bonchev–Trinajstić information content (AvgIpc) is 2.64. The standard InChI is InChI=1S/C19H25N5O2/c1-6-13-7-9-14(10-8-13)16(22(2)3)12-21-17-15(11-20)18(25)24(5)19(26)23(17)4/h7-10,16,21H,6,12H2,1-5H3/t16-/m1/s1. The van der Waals surface area contributed by atoms with Gasteiger partial charge in [-0.3, -0.25) is 13.9 Å². The monoisotopic (exact) mass is 355 g/mol. The van der Waals surface area contributed by atoms with Crippen LogP contribution in [-0.4, -0.2) is 34.7 Å². The van der Waals surface area contributed by atoms with Crippen molar-refractivity contribution >= 4 is 5.82 Å². The maximum atomic E-state index is 12.2. The Bertz CT molecular complexity index is 933. The lowest BCUT2D eigenvalue weighted by Gasteiger charge is -2.26. The number of nitriles is 1. The van der Waals surface area contributed by atoms with E-state index >= 15 is 0 Å². The highest BCUT2D eigenvalue weighted by molar-refractivity contribution is 5.51. The summed E-state index contributed by atoms with van der Waals surface area (Å²) in [6.07, 6.45) is 0.978. The summed E-state index contributed by atoms with van der Waals surface area (Å²) in [6, 6.07) is 10.3. The highest BCUT2D eigenvalue weighted by atomic mass is 16.2. The van der Waals surface area contributed by atoms with E-state index in [2.05, 4.69) is 41.4 Å². The van der Waals surface area contributed by atoms with E-state index in [9.17, 15) is 14.9 Å². The molecular formula is C19H25N5O2. The van der Waals surface area contributed by atoms with Crippen molar-refractivity contribution < 1.29 is 0 Å². The van der Waals surface area contributed by atoms with Gasteiger partial charge in [0.05, 0.1) is 6.04 Å². The van der Waals surface area contributed by atoms with Crippen LogP contribution in [0.5, 0.6) is 0 Å². The molecule has 0 saturated heterocycles. The van der Waals surface area contributed by atoms with Gasteiger partial charge in [-0.2, -0.15) is 5.26 Å². The van der Waals surface area contributed by atoms with Crippen molar-refractivity contribution in [2.45, 2.75) is 19.4 Å². The molecule has 138 valence electrons. The molecule has 1 aromatic carbocycles. The minimum Gasteiger partial charge on any atom is -0.368 e. The Morgan fingerprint density at radius 1 is 1.15 bits per heavy atom. The summed E-state index contributed by atoms with van der Waals surface area (Å²) in [5.41, 5.74) is 1.26. The number of aromatic nitrogens is 2. The fourth-order valence-corrected chi connectivity index (χ4v) is 2.92. The van der Waals surface area contributed by atoms with Gasteiger partial charge in [0.2, 0.25) is 0 Å². The molecule has 1 atom stereocenters. The van der Waals surface area contributed by atoms with Gasteiger partial charge in [0.25, 0.3) is 5.56 Å². The maximum absolute atomic E-state index is 12.2. The summed E-state index contributed by atoms with van der Waals surface area (Å²) in [4.78, 5) is 26.4. The van der Waals surface area contributed by atoms with Crippen LogP contribution >= 0.6 is 0 Å². The van der Waals surface area contributed by atoms with Crippen LogP contribution in [0.25, 0.3) is 0 Å². The molecule has 2 aromatic rings. The van der Waals surface area contributed by atoms with Crippen molar-refractivity contribution in [3.05, 3.63) is 61.8 Å². The Morgan fingerprint density at radius 3 is 2.27 bits per heavy atom. The zero-order valence-electron chi connectivity index (χ0n) is 15.9. The number of aryl methyl sites for hydroxylation is 1. The van der Waals surface area contributed by atoms with Gasteiger partial charge in [0, 0.05) is 20.6 Å². The van der Waals surface area contributed by atoms with Gasteiger partial charge in [0.15, 0.2) is 5.56 Å².